The highest BCUT2D eigenvalue weighted by molar-refractivity contribution is 5.97. The minimum atomic E-state index is -0.376. The first-order chi connectivity index (χ1) is 10.2. The quantitative estimate of drug-likeness (QED) is 0.564. The van der Waals surface area contributed by atoms with Crippen LogP contribution < -0.4 is 5.32 Å². The summed E-state index contributed by atoms with van der Waals surface area (Å²) in [7, 11) is 0. The second-order valence-electron chi connectivity index (χ2n) is 4.87. The largest absolute Gasteiger partial charge is 0.504 e. The summed E-state index contributed by atoms with van der Waals surface area (Å²) >= 11 is 0. The van der Waals surface area contributed by atoms with E-state index in [2.05, 4.69) is 17.4 Å². The second kappa shape index (κ2) is 7.33. The second-order valence-corrected chi connectivity index (χ2v) is 4.87. The average Bonchev–Trinajstić information content (AvgIpc) is 2.50. The zero-order valence-electron chi connectivity index (χ0n) is 11.7. The highest BCUT2D eigenvalue weighted by atomic mass is 16.3. The summed E-state index contributed by atoms with van der Waals surface area (Å²) in [6, 6.07) is 14.5. The van der Waals surface area contributed by atoms with Crippen LogP contribution in [0.15, 0.2) is 48.5 Å². The molecule has 0 saturated carbocycles. The Morgan fingerprint density at radius 2 is 1.71 bits per heavy atom. The summed E-state index contributed by atoms with van der Waals surface area (Å²) in [5.41, 5.74) is 1.38. The zero-order chi connectivity index (χ0) is 15.1. The number of unbranched alkanes of at least 4 members (excludes halogenated alkanes) is 1. The molecule has 0 heterocycles. The van der Waals surface area contributed by atoms with Crippen molar-refractivity contribution in [1.29, 1.82) is 0 Å². The lowest BCUT2D eigenvalue weighted by Crippen LogP contribution is -2.24. The van der Waals surface area contributed by atoms with E-state index in [1.54, 1.807) is 0 Å². The first kappa shape index (κ1) is 14.9. The van der Waals surface area contributed by atoms with Gasteiger partial charge in [0.05, 0.1) is 5.56 Å². The fourth-order valence-electron chi connectivity index (χ4n) is 2.11. The Morgan fingerprint density at radius 1 is 0.952 bits per heavy atom. The molecule has 21 heavy (non-hydrogen) atoms. The van der Waals surface area contributed by atoms with Gasteiger partial charge in [-0.2, -0.15) is 0 Å². The number of benzene rings is 2. The van der Waals surface area contributed by atoms with Crippen LogP contribution in [0, 0.1) is 0 Å². The third-order valence-corrected chi connectivity index (χ3v) is 3.28. The molecule has 2 aromatic carbocycles. The normalized spacial score (nSPS) is 10.3. The average molecular weight is 285 g/mol. The number of aromatic hydroxyl groups is 2. The van der Waals surface area contributed by atoms with Gasteiger partial charge in [-0.25, -0.2) is 0 Å². The number of rotatable bonds is 6. The van der Waals surface area contributed by atoms with Crippen LogP contribution in [0.1, 0.15) is 28.8 Å². The molecule has 0 aromatic heterocycles. The van der Waals surface area contributed by atoms with E-state index < -0.39 is 0 Å². The maximum Gasteiger partial charge on any atom is 0.255 e. The van der Waals surface area contributed by atoms with E-state index >= 15 is 0 Å². The first-order valence-electron chi connectivity index (χ1n) is 7.01. The lowest BCUT2D eigenvalue weighted by molar-refractivity contribution is 0.0949. The molecule has 0 saturated heterocycles. The SMILES string of the molecule is O=C(NCCCCc1ccccc1)c1cccc(O)c1O. The van der Waals surface area contributed by atoms with Gasteiger partial charge < -0.3 is 15.5 Å². The summed E-state index contributed by atoms with van der Waals surface area (Å²) in [6.07, 6.45) is 2.82. The fraction of sp³-hybridized carbons (Fsp3) is 0.235. The van der Waals surface area contributed by atoms with Crippen LogP contribution in [-0.4, -0.2) is 22.7 Å². The summed E-state index contributed by atoms with van der Waals surface area (Å²) < 4.78 is 0. The van der Waals surface area contributed by atoms with Gasteiger partial charge in [0.25, 0.3) is 5.91 Å². The Hall–Kier alpha value is -2.49. The van der Waals surface area contributed by atoms with Gasteiger partial charge in [-0.1, -0.05) is 36.4 Å². The Kier molecular flexibility index (Phi) is 5.21. The van der Waals surface area contributed by atoms with Crippen LogP contribution in [-0.2, 0) is 6.42 Å². The van der Waals surface area contributed by atoms with Crippen LogP contribution in [0.5, 0.6) is 11.5 Å². The molecule has 2 rings (SSSR count). The number of phenols is 2. The van der Waals surface area contributed by atoms with Crippen LogP contribution in [0.3, 0.4) is 0 Å². The predicted molar refractivity (Wildman–Crippen MR) is 81.5 cm³/mol. The smallest absolute Gasteiger partial charge is 0.255 e. The Labute approximate surface area is 124 Å². The molecule has 0 spiro atoms. The number of carbonyl (C=O) groups is 1. The number of amides is 1. The van der Waals surface area contributed by atoms with Crippen molar-refractivity contribution >= 4 is 5.91 Å². The van der Waals surface area contributed by atoms with E-state index in [1.165, 1.54) is 23.8 Å². The Balaban J connectivity index is 1.73. The van der Waals surface area contributed by atoms with E-state index in [-0.39, 0.29) is 23.0 Å². The van der Waals surface area contributed by atoms with Crippen molar-refractivity contribution in [2.75, 3.05) is 6.54 Å². The minimum absolute atomic E-state index is 0.0954. The molecule has 0 fully saturated rings. The van der Waals surface area contributed by atoms with Crippen LogP contribution in [0.25, 0.3) is 0 Å². The third kappa shape index (κ3) is 4.24. The van der Waals surface area contributed by atoms with Crippen LogP contribution >= 0.6 is 0 Å². The fourth-order valence-corrected chi connectivity index (χ4v) is 2.11. The Bertz CT molecular complexity index is 596. The van der Waals surface area contributed by atoms with E-state index in [0.717, 1.165) is 19.3 Å². The number of carbonyl (C=O) groups excluding carboxylic acids is 1. The van der Waals surface area contributed by atoms with Gasteiger partial charge in [-0.05, 0) is 37.0 Å². The molecule has 0 radical (unpaired) electrons. The number of para-hydroxylation sites is 1. The zero-order valence-corrected chi connectivity index (χ0v) is 11.7. The number of hydrogen-bond donors (Lipinski definition) is 3. The monoisotopic (exact) mass is 285 g/mol. The van der Waals surface area contributed by atoms with Crippen molar-refractivity contribution in [3.8, 4) is 11.5 Å². The number of hydrogen-bond acceptors (Lipinski definition) is 3. The highest BCUT2D eigenvalue weighted by Crippen LogP contribution is 2.27. The number of nitrogens with one attached hydrogen (secondary N) is 1. The van der Waals surface area contributed by atoms with E-state index in [0.29, 0.717) is 6.54 Å². The van der Waals surface area contributed by atoms with E-state index in [9.17, 15) is 15.0 Å². The minimum Gasteiger partial charge on any atom is -0.504 e. The lowest BCUT2D eigenvalue weighted by atomic mass is 10.1. The summed E-state index contributed by atoms with van der Waals surface area (Å²) in [5.74, 6) is -1.03. The first-order valence-corrected chi connectivity index (χ1v) is 7.01. The molecule has 4 heteroatoms. The standard InChI is InChI=1S/C17H19NO3/c19-15-11-6-10-14(16(15)20)17(21)18-12-5-4-9-13-7-2-1-3-8-13/h1-3,6-8,10-11,19-20H,4-5,9,12H2,(H,18,21). The topological polar surface area (TPSA) is 69.6 Å². The predicted octanol–water partition coefficient (Wildman–Crippen LogP) is 2.85. The number of phenolic OH excluding ortho intramolecular Hbond substituents is 2. The molecular formula is C17H19NO3. The summed E-state index contributed by atoms with van der Waals surface area (Å²) in [5, 5.41) is 21.7. The van der Waals surface area contributed by atoms with Gasteiger partial charge in [0.15, 0.2) is 11.5 Å². The molecule has 2 aromatic rings. The maximum absolute atomic E-state index is 11.9. The maximum atomic E-state index is 11.9. The van der Waals surface area contributed by atoms with Crippen molar-refractivity contribution in [3.05, 3.63) is 59.7 Å². The van der Waals surface area contributed by atoms with Gasteiger partial charge in [-0.3, -0.25) is 4.79 Å². The third-order valence-electron chi connectivity index (χ3n) is 3.28. The van der Waals surface area contributed by atoms with E-state index in [1.807, 2.05) is 18.2 Å². The molecule has 110 valence electrons. The summed E-state index contributed by atoms with van der Waals surface area (Å²) in [6.45, 7) is 0.542. The highest BCUT2D eigenvalue weighted by Gasteiger charge is 2.12. The Morgan fingerprint density at radius 3 is 2.48 bits per heavy atom. The molecular weight excluding hydrogens is 266 g/mol. The molecule has 0 aliphatic rings. The molecule has 0 aliphatic heterocycles. The van der Waals surface area contributed by atoms with Crippen molar-refractivity contribution in [3.63, 3.8) is 0 Å². The van der Waals surface area contributed by atoms with E-state index in [4.69, 9.17) is 0 Å². The van der Waals surface area contributed by atoms with Crippen LogP contribution in [0.4, 0.5) is 0 Å². The number of aryl methyl sites for hydroxylation is 1. The molecule has 0 bridgehead atoms. The molecule has 1 amide bonds. The molecule has 4 nitrogen and oxygen atoms in total. The molecule has 0 aliphatic carbocycles. The molecule has 0 unspecified atom stereocenters. The molecule has 3 N–H and O–H groups in total. The van der Waals surface area contributed by atoms with Crippen molar-refractivity contribution in [2.45, 2.75) is 19.3 Å². The summed E-state index contributed by atoms with van der Waals surface area (Å²) in [4.78, 5) is 11.9. The van der Waals surface area contributed by atoms with Crippen LogP contribution in [0.2, 0.25) is 0 Å². The van der Waals surface area contributed by atoms with Gasteiger partial charge in [-0.15, -0.1) is 0 Å². The van der Waals surface area contributed by atoms with Gasteiger partial charge in [0, 0.05) is 6.54 Å². The van der Waals surface area contributed by atoms with Crippen molar-refractivity contribution in [1.82, 2.24) is 5.32 Å². The van der Waals surface area contributed by atoms with Crippen molar-refractivity contribution < 1.29 is 15.0 Å². The van der Waals surface area contributed by atoms with Gasteiger partial charge >= 0.3 is 0 Å². The lowest BCUT2D eigenvalue weighted by Gasteiger charge is -2.07. The van der Waals surface area contributed by atoms with Crippen molar-refractivity contribution in [2.24, 2.45) is 0 Å². The van der Waals surface area contributed by atoms with Gasteiger partial charge in [0.1, 0.15) is 0 Å². The molecule has 0 atom stereocenters. The van der Waals surface area contributed by atoms with Gasteiger partial charge in [0.2, 0.25) is 0 Å².